The first-order valence-electron chi connectivity index (χ1n) is 6.13. The minimum Gasteiger partial charge on any atom is -0.324 e. The number of hydrogen-bond donors (Lipinski definition) is 1. The Morgan fingerprint density at radius 3 is 2.39 bits per heavy atom. The van der Waals surface area contributed by atoms with E-state index in [-0.39, 0.29) is 6.04 Å². The molecule has 1 heterocycles. The van der Waals surface area contributed by atoms with Crippen LogP contribution in [0.5, 0.6) is 0 Å². The van der Waals surface area contributed by atoms with Crippen molar-refractivity contribution in [2.24, 2.45) is 5.73 Å². The molecule has 0 fully saturated rings. The molecule has 0 bridgehead atoms. The highest BCUT2D eigenvalue weighted by molar-refractivity contribution is 7.99. The molecule has 1 unspecified atom stereocenters. The standard InChI is InChI=1S/C15H18N2S/c1-12(16)14-2-4-15(5-3-14)18-11-8-13-6-9-17-10-7-13/h2-7,9-10,12H,8,11,16H2,1H3. The van der Waals surface area contributed by atoms with Gasteiger partial charge in [0.2, 0.25) is 0 Å². The summed E-state index contributed by atoms with van der Waals surface area (Å²) in [5, 5.41) is 0. The number of benzene rings is 1. The maximum absolute atomic E-state index is 5.83. The minimum absolute atomic E-state index is 0.112. The molecule has 0 saturated heterocycles. The lowest BCUT2D eigenvalue weighted by Crippen LogP contribution is -2.04. The third kappa shape index (κ3) is 3.86. The van der Waals surface area contributed by atoms with Crippen LogP contribution in [0, 0.1) is 0 Å². The van der Waals surface area contributed by atoms with Crippen molar-refractivity contribution in [1.29, 1.82) is 0 Å². The zero-order chi connectivity index (χ0) is 12.8. The van der Waals surface area contributed by atoms with Crippen LogP contribution < -0.4 is 5.73 Å². The Labute approximate surface area is 113 Å². The Hall–Kier alpha value is -1.32. The van der Waals surface area contributed by atoms with E-state index in [1.807, 2.05) is 31.1 Å². The van der Waals surface area contributed by atoms with Crippen LogP contribution in [0.25, 0.3) is 0 Å². The average molecular weight is 258 g/mol. The molecule has 1 aromatic heterocycles. The van der Waals surface area contributed by atoms with Gasteiger partial charge in [-0.2, -0.15) is 0 Å². The zero-order valence-electron chi connectivity index (χ0n) is 10.5. The van der Waals surface area contributed by atoms with Crippen LogP contribution in [0.4, 0.5) is 0 Å². The molecule has 2 N–H and O–H groups in total. The van der Waals surface area contributed by atoms with Crippen molar-refractivity contribution >= 4 is 11.8 Å². The maximum atomic E-state index is 5.83. The first kappa shape index (κ1) is 13.1. The molecule has 0 radical (unpaired) electrons. The van der Waals surface area contributed by atoms with Gasteiger partial charge in [0.05, 0.1) is 0 Å². The van der Waals surface area contributed by atoms with Crippen molar-refractivity contribution in [3.05, 3.63) is 59.9 Å². The van der Waals surface area contributed by atoms with Gasteiger partial charge in [0.15, 0.2) is 0 Å². The van der Waals surface area contributed by atoms with E-state index in [1.54, 1.807) is 0 Å². The second-order valence-electron chi connectivity index (χ2n) is 4.31. The summed E-state index contributed by atoms with van der Waals surface area (Å²) in [4.78, 5) is 5.32. The predicted molar refractivity (Wildman–Crippen MR) is 77.7 cm³/mol. The molecule has 0 spiro atoms. The maximum Gasteiger partial charge on any atom is 0.0270 e. The SMILES string of the molecule is CC(N)c1ccc(SCCc2ccncc2)cc1. The molecule has 1 aromatic carbocycles. The van der Waals surface area contributed by atoms with Crippen molar-refractivity contribution in [1.82, 2.24) is 4.98 Å². The molecule has 0 amide bonds. The second-order valence-corrected chi connectivity index (χ2v) is 5.48. The fourth-order valence-corrected chi connectivity index (χ4v) is 2.61. The van der Waals surface area contributed by atoms with E-state index in [9.17, 15) is 0 Å². The van der Waals surface area contributed by atoms with Crippen LogP contribution in [-0.4, -0.2) is 10.7 Å². The molecule has 1 atom stereocenters. The Morgan fingerprint density at radius 1 is 1.11 bits per heavy atom. The summed E-state index contributed by atoms with van der Waals surface area (Å²) in [7, 11) is 0. The average Bonchev–Trinajstić information content (AvgIpc) is 2.40. The van der Waals surface area contributed by atoms with E-state index >= 15 is 0 Å². The fourth-order valence-electron chi connectivity index (χ4n) is 1.70. The van der Waals surface area contributed by atoms with Gasteiger partial charge in [-0.15, -0.1) is 11.8 Å². The van der Waals surface area contributed by atoms with Gasteiger partial charge in [0.25, 0.3) is 0 Å². The van der Waals surface area contributed by atoms with Crippen molar-refractivity contribution in [3.63, 3.8) is 0 Å². The van der Waals surface area contributed by atoms with E-state index < -0.39 is 0 Å². The Balaban J connectivity index is 1.83. The van der Waals surface area contributed by atoms with Crippen LogP contribution in [0.3, 0.4) is 0 Å². The highest BCUT2D eigenvalue weighted by Gasteiger charge is 2.00. The smallest absolute Gasteiger partial charge is 0.0270 e. The number of hydrogen-bond acceptors (Lipinski definition) is 3. The van der Waals surface area contributed by atoms with Crippen molar-refractivity contribution in [2.75, 3.05) is 5.75 Å². The monoisotopic (exact) mass is 258 g/mol. The Kier molecular flexibility index (Phi) is 4.79. The first-order valence-corrected chi connectivity index (χ1v) is 7.11. The molecule has 18 heavy (non-hydrogen) atoms. The van der Waals surface area contributed by atoms with Crippen LogP contribution in [0.1, 0.15) is 24.1 Å². The fraction of sp³-hybridized carbons (Fsp3) is 0.267. The summed E-state index contributed by atoms with van der Waals surface area (Å²) in [6.07, 6.45) is 4.76. The van der Waals surface area contributed by atoms with Gasteiger partial charge in [-0.1, -0.05) is 12.1 Å². The number of rotatable bonds is 5. The lowest BCUT2D eigenvalue weighted by Gasteiger charge is -2.06. The summed E-state index contributed by atoms with van der Waals surface area (Å²) in [6.45, 7) is 2.01. The van der Waals surface area contributed by atoms with Crippen LogP contribution in [-0.2, 0) is 6.42 Å². The summed E-state index contributed by atoms with van der Waals surface area (Å²) >= 11 is 1.87. The third-order valence-electron chi connectivity index (χ3n) is 2.81. The van der Waals surface area contributed by atoms with Crippen molar-refractivity contribution in [3.8, 4) is 0 Å². The molecular weight excluding hydrogens is 240 g/mol. The largest absolute Gasteiger partial charge is 0.324 e. The van der Waals surface area contributed by atoms with Crippen LogP contribution in [0.2, 0.25) is 0 Å². The van der Waals surface area contributed by atoms with Gasteiger partial charge in [0, 0.05) is 29.1 Å². The molecule has 0 aliphatic carbocycles. The zero-order valence-corrected chi connectivity index (χ0v) is 11.4. The molecule has 3 heteroatoms. The van der Waals surface area contributed by atoms with Crippen molar-refractivity contribution in [2.45, 2.75) is 24.3 Å². The number of nitrogens with zero attached hydrogens (tertiary/aromatic N) is 1. The molecular formula is C15H18N2S. The Morgan fingerprint density at radius 2 is 1.78 bits per heavy atom. The van der Waals surface area contributed by atoms with Crippen LogP contribution in [0.15, 0.2) is 53.7 Å². The third-order valence-corrected chi connectivity index (χ3v) is 3.83. The number of aromatic nitrogens is 1. The van der Waals surface area contributed by atoms with Gasteiger partial charge in [-0.3, -0.25) is 4.98 Å². The molecule has 2 nitrogen and oxygen atoms in total. The Bertz CT molecular complexity index is 466. The van der Waals surface area contributed by atoms with Gasteiger partial charge in [-0.25, -0.2) is 0 Å². The molecule has 0 aliphatic rings. The molecule has 0 saturated carbocycles. The minimum atomic E-state index is 0.112. The summed E-state index contributed by atoms with van der Waals surface area (Å²) < 4.78 is 0. The van der Waals surface area contributed by atoms with E-state index in [2.05, 4.69) is 41.4 Å². The highest BCUT2D eigenvalue weighted by Crippen LogP contribution is 2.21. The second kappa shape index (κ2) is 6.57. The molecule has 2 aromatic rings. The summed E-state index contributed by atoms with van der Waals surface area (Å²) in [6, 6.07) is 12.8. The van der Waals surface area contributed by atoms with E-state index in [4.69, 9.17) is 5.73 Å². The van der Waals surface area contributed by atoms with Gasteiger partial charge < -0.3 is 5.73 Å². The first-order chi connectivity index (χ1) is 8.75. The van der Waals surface area contributed by atoms with Gasteiger partial charge in [0.1, 0.15) is 0 Å². The summed E-state index contributed by atoms with van der Waals surface area (Å²) in [5.41, 5.74) is 8.35. The lowest BCUT2D eigenvalue weighted by atomic mass is 10.1. The molecule has 2 rings (SSSR count). The van der Waals surface area contributed by atoms with Gasteiger partial charge >= 0.3 is 0 Å². The molecule has 0 aliphatic heterocycles. The lowest BCUT2D eigenvalue weighted by molar-refractivity contribution is 0.817. The molecule has 94 valence electrons. The summed E-state index contributed by atoms with van der Waals surface area (Å²) in [5.74, 6) is 1.08. The van der Waals surface area contributed by atoms with E-state index in [0.29, 0.717) is 0 Å². The number of pyridine rings is 1. The number of nitrogens with two attached hydrogens (primary N) is 1. The van der Waals surface area contributed by atoms with E-state index in [1.165, 1.54) is 16.0 Å². The number of thioether (sulfide) groups is 1. The number of aryl methyl sites for hydroxylation is 1. The quantitative estimate of drug-likeness (QED) is 0.835. The predicted octanol–water partition coefficient (Wildman–Crippen LogP) is 3.44. The van der Waals surface area contributed by atoms with Crippen LogP contribution >= 0.6 is 11.8 Å². The van der Waals surface area contributed by atoms with Crippen molar-refractivity contribution < 1.29 is 0 Å². The highest BCUT2D eigenvalue weighted by atomic mass is 32.2. The van der Waals surface area contributed by atoms with Gasteiger partial charge in [-0.05, 0) is 48.7 Å². The van der Waals surface area contributed by atoms with E-state index in [0.717, 1.165) is 12.2 Å². The topological polar surface area (TPSA) is 38.9 Å². The normalized spacial score (nSPS) is 12.3.